The number of aromatic nitrogens is 2. The highest BCUT2D eigenvalue weighted by Crippen LogP contribution is 2.58. The van der Waals surface area contributed by atoms with Gasteiger partial charge in [-0.15, -0.1) is 11.3 Å². The number of alkyl carbamates (subject to hydrolysis) is 1. The highest BCUT2D eigenvalue weighted by atomic mass is 32.1. The number of anilines is 1. The van der Waals surface area contributed by atoms with Crippen LogP contribution in [-0.2, 0) is 19.7 Å². The monoisotopic (exact) mass is 686 g/mol. The molecule has 10 heteroatoms. The van der Waals surface area contributed by atoms with Gasteiger partial charge in [-0.25, -0.2) is 14.8 Å². The van der Waals surface area contributed by atoms with E-state index in [1.54, 1.807) is 18.4 Å². The Morgan fingerprint density at radius 3 is 2.37 bits per heavy atom. The number of fused-ring (bicyclic) bond motifs is 3. The quantitative estimate of drug-likeness (QED) is 0.231. The smallest absolute Gasteiger partial charge is 0.407 e. The van der Waals surface area contributed by atoms with E-state index in [0.717, 1.165) is 65.5 Å². The Morgan fingerprint density at radius 1 is 1.02 bits per heavy atom. The van der Waals surface area contributed by atoms with Crippen molar-refractivity contribution in [3.8, 4) is 16.2 Å². The lowest BCUT2D eigenvalue weighted by molar-refractivity contribution is -0.124. The normalized spacial score (nSPS) is 26.6. The van der Waals surface area contributed by atoms with E-state index in [9.17, 15) is 9.59 Å². The van der Waals surface area contributed by atoms with Crippen molar-refractivity contribution in [2.24, 2.45) is 11.3 Å². The number of pyridine rings is 1. The second-order valence-electron chi connectivity index (χ2n) is 15.3. The van der Waals surface area contributed by atoms with Crippen molar-refractivity contribution in [2.45, 2.75) is 108 Å². The second-order valence-corrected chi connectivity index (χ2v) is 16.3. The molecule has 1 saturated heterocycles. The number of carbonyl (C=O) groups is 2. The third kappa shape index (κ3) is 7.09. The second kappa shape index (κ2) is 14.0. The number of aryl methyl sites for hydroxylation is 1. The van der Waals surface area contributed by atoms with Crippen molar-refractivity contribution in [1.29, 1.82) is 0 Å². The molecule has 4 saturated carbocycles. The van der Waals surface area contributed by atoms with Crippen molar-refractivity contribution in [1.82, 2.24) is 15.3 Å². The number of amides is 2. The topological polar surface area (TPSA) is 103 Å². The molecule has 3 heterocycles. The van der Waals surface area contributed by atoms with Gasteiger partial charge < -0.3 is 19.5 Å². The number of nitrogens with one attached hydrogen (secondary N) is 1. The molecule has 262 valence electrons. The summed E-state index contributed by atoms with van der Waals surface area (Å²) in [5.41, 5.74) is 3.93. The van der Waals surface area contributed by atoms with Crippen molar-refractivity contribution in [3.63, 3.8) is 0 Å². The Hall–Kier alpha value is -3.50. The molecule has 0 unspecified atom stereocenters. The first-order valence-corrected chi connectivity index (χ1v) is 18.9. The molecule has 2 aromatic heterocycles. The van der Waals surface area contributed by atoms with Gasteiger partial charge in [0.1, 0.15) is 17.7 Å². The van der Waals surface area contributed by atoms with Gasteiger partial charge in [0.15, 0.2) is 0 Å². The molecule has 8 rings (SSSR count). The van der Waals surface area contributed by atoms with Crippen molar-refractivity contribution >= 4 is 29.2 Å². The number of nitrogens with zero attached hydrogens (tertiary/aromatic N) is 3. The number of carbonyl (C=O) groups excluding carboxylic acids is 2. The molecule has 5 fully saturated rings. The summed E-state index contributed by atoms with van der Waals surface area (Å²) < 4.78 is 16.4. The molecular formula is C39H50N4O5S. The van der Waals surface area contributed by atoms with Gasteiger partial charge >= 0.3 is 6.09 Å². The first kappa shape index (κ1) is 34.0. The van der Waals surface area contributed by atoms with Gasteiger partial charge in [-0.05, 0) is 117 Å². The van der Waals surface area contributed by atoms with Gasteiger partial charge in [0.05, 0.1) is 36.3 Å². The number of methoxy groups -OCH3 is 1. The number of hydrogen-bond donors (Lipinski definition) is 1. The van der Waals surface area contributed by atoms with E-state index in [1.165, 1.54) is 11.1 Å². The lowest BCUT2D eigenvalue weighted by atomic mass is 9.51. The molecular weight excluding hydrogens is 637 g/mol. The Balaban J connectivity index is 1.09. The standard InChI is InChI=1S/C39H50N4O5S/c1-25(2)35-41-21-33(49-35)28-11-18-40-34(20-28)43(36(44)27-5-8-31(9-6-27)48-37(45)42-30-22-47-23-30)24-38-12-15-39(16-13-38,17-14-38)29-7-10-32(46-4)26(3)19-29/h7,10-11,18-21,25,27,30-31H,5-6,8-9,12-17,22-24H2,1-4H3,(H,42,45)/t27-,31-,38?,39?. The van der Waals surface area contributed by atoms with E-state index in [1.807, 2.05) is 23.4 Å². The van der Waals surface area contributed by atoms with Gasteiger partial charge in [0.25, 0.3) is 0 Å². The summed E-state index contributed by atoms with van der Waals surface area (Å²) in [6, 6.07) is 10.9. The van der Waals surface area contributed by atoms with E-state index in [4.69, 9.17) is 19.2 Å². The molecule has 0 atom stereocenters. The van der Waals surface area contributed by atoms with Gasteiger partial charge in [0, 0.05) is 30.8 Å². The molecule has 9 nitrogen and oxygen atoms in total. The number of rotatable bonds is 10. The fourth-order valence-electron chi connectivity index (χ4n) is 8.48. The van der Waals surface area contributed by atoms with Crippen molar-refractivity contribution in [2.75, 3.05) is 31.8 Å². The van der Waals surface area contributed by atoms with E-state index in [0.29, 0.717) is 51.4 Å². The summed E-state index contributed by atoms with van der Waals surface area (Å²) in [5.74, 6) is 2.05. The first-order chi connectivity index (χ1) is 23.7. The van der Waals surface area contributed by atoms with Crippen LogP contribution in [0.2, 0.25) is 0 Å². The van der Waals surface area contributed by atoms with Gasteiger partial charge in [-0.1, -0.05) is 26.0 Å². The molecule has 0 spiro atoms. The van der Waals surface area contributed by atoms with Gasteiger partial charge in [-0.2, -0.15) is 0 Å². The maximum atomic E-state index is 14.6. The molecule has 2 bridgehead atoms. The summed E-state index contributed by atoms with van der Waals surface area (Å²) in [5, 5.41) is 3.97. The summed E-state index contributed by atoms with van der Waals surface area (Å²) in [7, 11) is 1.73. The predicted molar refractivity (Wildman–Crippen MR) is 191 cm³/mol. The average Bonchev–Trinajstić information content (AvgIpc) is 3.61. The van der Waals surface area contributed by atoms with E-state index < -0.39 is 0 Å². The third-order valence-corrected chi connectivity index (χ3v) is 13.1. The van der Waals surface area contributed by atoms with Crippen LogP contribution in [0.15, 0.2) is 42.7 Å². The van der Waals surface area contributed by atoms with Crippen molar-refractivity contribution < 1.29 is 23.8 Å². The molecule has 5 aliphatic rings. The summed E-state index contributed by atoms with van der Waals surface area (Å²) >= 11 is 1.71. The maximum absolute atomic E-state index is 14.6. The predicted octanol–water partition coefficient (Wildman–Crippen LogP) is 7.95. The highest BCUT2D eigenvalue weighted by Gasteiger charge is 2.51. The van der Waals surface area contributed by atoms with E-state index in [2.05, 4.69) is 55.3 Å². The fourth-order valence-corrected chi connectivity index (χ4v) is 9.39. The molecule has 2 amide bonds. The van der Waals surface area contributed by atoms with Crippen LogP contribution in [0.25, 0.3) is 10.4 Å². The van der Waals surface area contributed by atoms with Crippen LogP contribution in [0.4, 0.5) is 10.6 Å². The zero-order chi connectivity index (χ0) is 34.2. The molecule has 3 aromatic rings. The van der Waals surface area contributed by atoms with Crippen LogP contribution in [0.1, 0.15) is 100 Å². The van der Waals surface area contributed by atoms with Crippen LogP contribution in [0.3, 0.4) is 0 Å². The minimum atomic E-state index is -0.385. The Labute approximate surface area is 294 Å². The number of benzene rings is 1. The average molecular weight is 687 g/mol. The van der Waals surface area contributed by atoms with Crippen LogP contribution >= 0.6 is 11.3 Å². The number of hydrogen-bond acceptors (Lipinski definition) is 8. The molecule has 0 radical (unpaired) electrons. The largest absolute Gasteiger partial charge is 0.496 e. The Bertz CT molecular complexity index is 1640. The van der Waals surface area contributed by atoms with Gasteiger partial charge in [-0.3, -0.25) is 9.69 Å². The van der Waals surface area contributed by atoms with Crippen LogP contribution in [-0.4, -0.2) is 61.0 Å². The molecule has 4 aliphatic carbocycles. The lowest BCUT2D eigenvalue weighted by Gasteiger charge is -2.55. The van der Waals surface area contributed by atoms with Crippen molar-refractivity contribution in [3.05, 3.63) is 58.9 Å². The zero-order valence-corrected chi connectivity index (χ0v) is 30.2. The van der Waals surface area contributed by atoms with E-state index >= 15 is 0 Å². The Morgan fingerprint density at radius 2 is 1.76 bits per heavy atom. The number of thiazole rings is 1. The molecule has 49 heavy (non-hydrogen) atoms. The molecule has 1 N–H and O–H groups in total. The minimum absolute atomic E-state index is 0.0357. The third-order valence-electron chi connectivity index (χ3n) is 11.7. The fraction of sp³-hybridized carbons (Fsp3) is 0.590. The highest BCUT2D eigenvalue weighted by molar-refractivity contribution is 7.15. The zero-order valence-electron chi connectivity index (χ0n) is 29.3. The van der Waals surface area contributed by atoms with E-state index in [-0.39, 0.29) is 40.9 Å². The lowest BCUT2D eigenvalue weighted by Crippen LogP contribution is -2.52. The number of ether oxygens (including phenoxy) is 3. The summed E-state index contributed by atoms with van der Waals surface area (Å²) in [6.45, 7) is 8.21. The van der Waals surface area contributed by atoms with Crippen LogP contribution < -0.4 is 15.0 Å². The summed E-state index contributed by atoms with van der Waals surface area (Å²) in [6.07, 6.45) is 12.6. The first-order valence-electron chi connectivity index (χ1n) is 18.1. The molecule has 1 aromatic carbocycles. The van der Waals surface area contributed by atoms with Gasteiger partial charge in [0.2, 0.25) is 5.91 Å². The van der Waals surface area contributed by atoms with Crippen LogP contribution in [0, 0.1) is 18.3 Å². The minimum Gasteiger partial charge on any atom is -0.496 e. The maximum Gasteiger partial charge on any atom is 0.407 e. The Kier molecular flexibility index (Phi) is 9.72. The molecule has 1 aliphatic heterocycles. The van der Waals surface area contributed by atoms with Crippen LogP contribution in [0.5, 0.6) is 5.75 Å². The summed E-state index contributed by atoms with van der Waals surface area (Å²) in [4.78, 5) is 39.6. The SMILES string of the molecule is COc1ccc(C23CCC(CN(c4cc(-c5cnc(C(C)C)s5)ccn4)C(=O)[C@H]4CC[C@H](OC(=O)NC5COC5)CC4)(CC2)CC3)cc1C.